The molecule has 2 amide bonds. The second-order valence-corrected chi connectivity index (χ2v) is 7.08. The minimum Gasteiger partial charge on any atom is -0.383 e. The van der Waals surface area contributed by atoms with Crippen LogP contribution in [0.15, 0.2) is 0 Å². The number of sulfone groups is 1. The zero-order valence-electron chi connectivity index (χ0n) is 11.2. The van der Waals surface area contributed by atoms with Gasteiger partial charge in [-0.2, -0.15) is 0 Å². The molecule has 0 spiro atoms. The van der Waals surface area contributed by atoms with Gasteiger partial charge in [0.25, 0.3) is 0 Å². The van der Waals surface area contributed by atoms with Crippen molar-refractivity contribution in [1.82, 2.24) is 10.2 Å². The molecule has 106 valence electrons. The lowest BCUT2D eigenvalue weighted by Crippen LogP contribution is -2.49. The second kappa shape index (κ2) is 6.38. The average molecular weight is 278 g/mol. The standard InChI is InChI=1S/C11H22N2O4S/c1-9(2)12-11(14)13(5-6-17-3)10-4-7-18(15,16)8-10/h9-10H,4-8H2,1-3H3,(H,12,14). The van der Waals surface area contributed by atoms with E-state index in [1.54, 1.807) is 12.0 Å². The lowest BCUT2D eigenvalue weighted by atomic mass is 10.2. The Morgan fingerprint density at radius 1 is 1.50 bits per heavy atom. The molecular formula is C11H22N2O4S. The molecule has 0 aliphatic carbocycles. The largest absolute Gasteiger partial charge is 0.383 e. The van der Waals surface area contributed by atoms with Crippen LogP contribution in [0.2, 0.25) is 0 Å². The van der Waals surface area contributed by atoms with E-state index in [9.17, 15) is 13.2 Å². The third-order valence-corrected chi connectivity index (χ3v) is 4.61. The quantitative estimate of drug-likeness (QED) is 0.781. The molecule has 1 aliphatic heterocycles. The number of rotatable bonds is 5. The minimum atomic E-state index is -2.99. The smallest absolute Gasteiger partial charge is 0.317 e. The van der Waals surface area contributed by atoms with Gasteiger partial charge in [0.05, 0.1) is 18.1 Å². The van der Waals surface area contributed by atoms with Crippen LogP contribution >= 0.6 is 0 Å². The lowest BCUT2D eigenvalue weighted by molar-refractivity contribution is 0.132. The molecule has 0 aromatic heterocycles. The van der Waals surface area contributed by atoms with Crippen molar-refractivity contribution < 1.29 is 17.9 Å². The van der Waals surface area contributed by atoms with Crippen molar-refractivity contribution in [2.24, 2.45) is 0 Å². The Morgan fingerprint density at radius 3 is 2.61 bits per heavy atom. The molecule has 1 fully saturated rings. The Hall–Kier alpha value is -0.820. The van der Waals surface area contributed by atoms with E-state index in [0.717, 1.165) is 0 Å². The number of urea groups is 1. The molecule has 0 radical (unpaired) electrons. The van der Waals surface area contributed by atoms with E-state index in [1.165, 1.54) is 0 Å². The number of methoxy groups -OCH3 is 1. The van der Waals surface area contributed by atoms with Gasteiger partial charge in [0.2, 0.25) is 0 Å². The van der Waals surface area contributed by atoms with E-state index in [-0.39, 0.29) is 29.6 Å². The summed E-state index contributed by atoms with van der Waals surface area (Å²) in [6.45, 7) is 4.56. The van der Waals surface area contributed by atoms with Crippen molar-refractivity contribution in [3.8, 4) is 0 Å². The van der Waals surface area contributed by atoms with Crippen molar-refractivity contribution in [3.63, 3.8) is 0 Å². The Balaban J connectivity index is 2.69. The van der Waals surface area contributed by atoms with Crippen molar-refractivity contribution in [3.05, 3.63) is 0 Å². The zero-order valence-corrected chi connectivity index (χ0v) is 12.0. The molecule has 0 bridgehead atoms. The van der Waals surface area contributed by atoms with E-state index in [2.05, 4.69) is 5.32 Å². The summed E-state index contributed by atoms with van der Waals surface area (Å²) in [5.41, 5.74) is 0. The molecule has 1 aliphatic rings. The maximum Gasteiger partial charge on any atom is 0.317 e. The number of nitrogens with zero attached hydrogens (tertiary/aromatic N) is 1. The van der Waals surface area contributed by atoms with Crippen LogP contribution in [-0.4, -0.2) is 63.2 Å². The fourth-order valence-corrected chi connectivity index (χ4v) is 3.72. The lowest BCUT2D eigenvalue weighted by Gasteiger charge is -2.29. The highest BCUT2D eigenvalue weighted by Crippen LogP contribution is 2.17. The maximum absolute atomic E-state index is 12.0. The van der Waals surface area contributed by atoms with E-state index >= 15 is 0 Å². The first-order valence-electron chi connectivity index (χ1n) is 6.12. The Kier molecular flexibility index (Phi) is 5.40. The number of carbonyl (C=O) groups is 1. The average Bonchev–Trinajstić information content (AvgIpc) is 2.58. The van der Waals surface area contributed by atoms with Crippen LogP contribution in [0, 0.1) is 0 Å². The van der Waals surface area contributed by atoms with E-state index in [4.69, 9.17) is 4.74 Å². The molecule has 0 aromatic carbocycles. The number of amides is 2. The Morgan fingerprint density at radius 2 is 2.17 bits per heavy atom. The normalized spacial score (nSPS) is 22.1. The number of ether oxygens (including phenoxy) is 1. The molecule has 1 heterocycles. The van der Waals surface area contributed by atoms with Crippen LogP contribution in [0.5, 0.6) is 0 Å². The number of hydrogen-bond acceptors (Lipinski definition) is 4. The minimum absolute atomic E-state index is 0.0283. The van der Waals surface area contributed by atoms with Gasteiger partial charge in [-0.05, 0) is 20.3 Å². The Labute approximate surface area is 109 Å². The molecule has 1 unspecified atom stereocenters. The molecule has 1 rings (SSSR count). The molecule has 1 N–H and O–H groups in total. The highest BCUT2D eigenvalue weighted by molar-refractivity contribution is 7.91. The summed E-state index contributed by atoms with van der Waals surface area (Å²) in [5.74, 6) is 0.221. The Bertz CT molecular complexity index is 381. The van der Waals surface area contributed by atoms with Crippen LogP contribution in [0.25, 0.3) is 0 Å². The fraction of sp³-hybridized carbons (Fsp3) is 0.909. The predicted octanol–water partition coefficient (Wildman–Crippen LogP) is 0.240. The number of hydrogen-bond donors (Lipinski definition) is 1. The molecule has 7 heteroatoms. The first-order valence-corrected chi connectivity index (χ1v) is 7.94. The first-order chi connectivity index (χ1) is 8.35. The molecule has 18 heavy (non-hydrogen) atoms. The van der Waals surface area contributed by atoms with Crippen LogP contribution in [-0.2, 0) is 14.6 Å². The van der Waals surface area contributed by atoms with Crippen LogP contribution in [0.4, 0.5) is 4.79 Å². The number of carbonyl (C=O) groups excluding carboxylic acids is 1. The number of nitrogens with one attached hydrogen (secondary N) is 1. The SMILES string of the molecule is COCCN(C(=O)NC(C)C)C1CCS(=O)(=O)C1. The maximum atomic E-state index is 12.0. The van der Waals surface area contributed by atoms with E-state index in [0.29, 0.717) is 19.6 Å². The van der Waals surface area contributed by atoms with Crippen LogP contribution in [0.1, 0.15) is 20.3 Å². The third-order valence-electron chi connectivity index (χ3n) is 2.86. The van der Waals surface area contributed by atoms with Gasteiger partial charge in [-0.25, -0.2) is 13.2 Å². The summed E-state index contributed by atoms with van der Waals surface area (Å²) in [6, 6.07) is -0.423. The topological polar surface area (TPSA) is 75.7 Å². The van der Waals surface area contributed by atoms with Crippen molar-refractivity contribution in [1.29, 1.82) is 0 Å². The molecular weight excluding hydrogens is 256 g/mol. The van der Waals surface area contributed by atoms with Gasteiger partial charge in [-0.15, -0.1) is 0 Å². The summed E-state index contributed by atoms with van der Waals surface area (Å²) in [4.78, 5) is 13.6. The fourth-order valence-electron chi connectivity index (χ4n) is 1.99. The van der Waals surface area contributed by atoms with Gasteiger partial charge in [0.1, 0.15) is 0 Å². The molecule has 1 atom stereocenters. The second-order valence-electron chi connectivity index (χ2n) is 4.85. The van der Waals surface area contributed by atoms with Crippen molar-refractivity contribution in [2.45, 2.75) is 32.4 Å². The van der Waals surface area contributed by atoms with Crippen LogP contribution < -0.4 is 5.32 Å². The molecule has 1 saturated heterocycles. The molecule has 0 aromatic rings. The molecule has 6 nitrogen and oxygen atoms in total. The van der Waals surface area contributed by atoms with E-state index in [1.807, 2.05) is 13.8 Å². The summed E-state index contributed by atoms with van der Waals surface area (Å²) >= 11 is 0. The first kappa shape index (κ1) is 15.2. The van der Waals surface area contributed by atoms with E-state index < -0.39 is 9.84 Å². The van der Waals surface area contributed by atoms with Gasteiger partial charge in [0, 0.05) is 25.7 Å². The van der Waals surface area contributed by atoms with Gasteiger partial charge in [0.15, 0.2) is 9.84 Å². The summed E-state index contributed by atoms with van der Waals surface area (Å²) in [7, 11) is -1.43. The van der Waals surface area contributed by atoms with Gasteiger partial charge in [-0.3, -0.25) is 0 Å². The predicted molar refractivity (Wildman–Crippen MR) is 69.3 cm³/mol. The van der Waals surface area contributed by atoms with Gasteiger partial charge in [-0.1, -0.05) is 0 Å². The highest BCUT2D eigenvalue weighted by Gasteiger charge is 2.34. The molecule has 0 saturated carbocycles. The summed E-state index contributed by atoms with van der Waals surface area (Å²) in [6.07, 6.45) is 0.511. The van der Waals surface area contributed by atoms with Gasteiger partial charge >= 0.3 is 6.03 Å². The van der Waals surface area contributed by atoms with Crippen molar-refractivity contribution in [2.75, 3.05) is 31.8 Å². The zero-order chi connectivity index (χ0) is 13.8. The summed E-state index contributed by atoms with van der Waals surface area (Å²) < 4.78 is 27.9. The highest BCUT2D eigenvalue weighted by atomic mass is 32.2. The monoisotopic (exact) mass is 278 g/mol. The summed E-state index contributed by atoms with van der Waals surface area (Å²) in [5, 5.41) is 2.79. The van der Waals surface area contributed by atoms with Crippen molar-refractivity contribution >= 4 is 15.9 Å². The third kappa shape index (κ3) is 4.45. The van der Waals surface area contributed by atoms with Gasteiger partial charge < -0.3 is 15.0 Å². The van der Waals surface area contributed by atoms with Crippen LogP contribution in [0.3, 0.4) is 0 Å².